The van der Waals surface area contributed by atoms with Crippen molar-refractivity contribution in [3.63, 3.8) is 0 Å². The van der Waals surface area contributed by atoms with Crippen LogP contribution in [0.5, 0.6) is 0 Å². The standard InChI is InChI=1S/C15H26N2/c1-6-15(3,4)17(5)11-14(16)13-9-7-12(2)8-10-13/h7-10,14H,6,11,16H2,1-5H3. The fourth-order valence-corrected chi connectivity index (χ4v) is 1.73. The Morgan fingerprint density at radius 1 is 1.24 bits per heavy atom. The van der Waals surface area contributed by atoms with Gasteiger partial charge in [0.2, 0.25) is 0 Å². The molecule has 0 saturated heterocycles. The minimum absolute atomic E-state index is 0.0893. The van der Waals surface area contributed by atoms with Gasteiger partial charge in [-0.05, 0) is 39.8 Å². The molecule has 1 aromatic carbocycles. The summed E-state index contributed by atoms with van der Waals surface area (Å²) in [6, 6.07) is 8.60. The largest absolute Gasteiger partial charge is 0.323 e. The number of nitrogens with zero attached hydrogens (tertiary/aromatic N) is 1. The summed E-state index contributed by atoms with van der Waals surface area (Å²) in [5.74, 6) is 0. The van der Waals surface area contributed by atoms with E-state index in [0.717, 1.165) is 13.0 Å². The van der Waals surface area contributed by atoms with E-state index in [4.69, 9.17) is 5.73 Å². The third kappa shape index (κ3) is 3.83. The van der Waals surface area contributed by atoms with Crippen molar-refractivity contribution in [2.45, 2.75) is 45.7 Å². The summed E-state index contributed by atoms with van der Waals surface area (Å²) in [5, 5.41) is 0. The quantitative estimate of drug-likeness (QED) is 0.848. The molecule has 0 aromatic heterocycles. The van der Waals surface area contributed by atoms with E-state index in [0.29, 0.717) is 0 Å². The first-order chi connectivity index (χ1) is 7.86. The van der Waals surface area contributed by atoms with Crippen LogP contribution in [0.25, 0.3) is 0 Å². The minimum atomic E-state index is 0.0893. The van der Waals surface area contributed by atoms with Crippen molar-refractivity contribution in [3.8, 4) is 0 Å². The molecule has 1 unspecified atom stereocenters. The van der Waals surface area contributed by atoms with E-state index < -0.39 is 0 Å². The van der Waals surface area contributed by atoms with Crippen LogP contribution in [0, 0.1) is 6.92 Å². The molecule has 96 valence electrons. The summed E-state index contributed by atoms with van der Waals surface area (Å²) in [6.45, 7) is 9.73. The molecule has 1 rings (SSSR count). The Balaban J connectivity index is 2.66. The predicted octanol–water partition coefficient (Wildman–Crippen LogP) is 3.12. The lowest BCUT2D eigenvalue weighted by atomic mass is 9.98. The molecule has 0 aliphatic rings. The average Bonchev–Trinajstić information content (AvgIpc) is 2.29. The van der Waals surface area contributed by atoms with Crippen LogP contribution in [0.3, 0.4) is 0 Å². The fraction of sp³-hybridized carbons (Fsp3) is 0.600. The monoisotopic (exact) mass is 234 g/mol. The Kier molecular flexibility index (Phi) is 4.72. The Morgan fingerprint density at radius 3 is 2.24 bits per heavy atom. The number of likely N-dealkylation sites (N-methyl/N-ethyl adjacent to an activating group) is 1. The lowest BCUT2D eigenvalue weighted by Gasteiger charge is -2.36. The van der Waals surface area contributed by atoms with Crippen molar-refractivity contribution in [1.82, 2.24) is 4.90 Å². The van der Waals surface area contributed by atoms with E-state index in [1.54, 1.807) is 0 Å². The Morgan fingerprint density at radius 2 is 1.76 bits per heavy atom. The SMILES string of the molecule is CCC(C)(C)N(C)CC(N)c1ccc(C)cc1. The molecule has 0 aliphatic carbocycles. The Labute approximate surface area is 106 Å². The first-order valence-electron chi connectivity index (χ1n) is 6.40. The molecule has 0 aliphatic heterocycles. The summed E-state index contributed by atoms with van der Waals surface area (Å²) in [4.78, 5) is 2.34. The van der Waals surface area contributed by atoms with Gasteiger partial charge < -0.3 is 5.73 Å². The van der Waals surface area contributed by atoms with Crippen LogP contribution in [-0.4, -0.2) is 24.0 Å². The van der Waals surface area contributed by atoms with Gasteiger partial charge in [-0.3, -0.25) is 4.90 Å². The van der Waals surface area contributed by atoms with Gasteiger partial charge in [-0.25, -0.2) is 0 Å². The molecule has 1 aromatic rings. The second-order valence-electron chi connectivity index (χ2n) is 5.56. The highest BCUT2D eigenvalue weighted by Gasteiger charge is 2.22. The second-order valence-corrected chi connectivity index (χ2v) is 5.56. The van der Waals surface area contributed by atoms with E-state index in [1.807, 2.05) is 0 Å². The third-order valence-electron chi connectivity index (χ3n) is 3.87. The van der Waals surface area contributed by atoms with Gasteiger partial charge in [0, 0.05) is 18.1 Å². The lowest BCUT2D eigenvalue weighted by Crippen LogP contribution is -2.44. The van der Waals surface area contributed by atoms with Gasteiger partial charge in [-0.2, -0.15) is 0 Å². The van der Waals surface area contributed by atoms with Gasteiger partial charge in [0.1, 0.15) is 0 Å². The summed E-state index contributed by atoms with van der Waals surface area (Å²) in [5.41, 5.74) is 8.96. The van der Waals surface area contributed by atoms with Crippen LogP contribution in [0.15, 0.2) is 24.3 Å². The smallest absolute Gasteiger partial charge is 0.0424 e. The average molecular weight is 234 g/mol. The van der Waals surface area contributed by atoms with Crippen LogP contribution in [-0.2, 0) is 0 Å². The van der Waals surface area contributed by atoms with Crippen molar-refractivity contribution in [3.05, 3.63) is 35.4 Å². The van der Waals surface area contributed by atoms with Crippen molar-refractivity contribution in [1.29, 1.82) is 0 Å². The van der Waals surface area contributed by atoms with Gasteiger partial charge in [-0.1, -0.05) is 36.8 Å². The minimum Gasteiger partial charge on any atom is -0.323 e. The highest BCUT2D eigenvalue weighted by molar-refractivity contribution is 5.24. The van der Waals surface area contributed by atoms with Crippen LogP contribution in [0.2, 0.25) is 0 Å². The number of hydrogen-bond donors (Lipinski definition) is 1. The van der Waals surface area contributed by atoms with Crippen LogP contribution in [0.1, 0.15) is 44.4 Å². The maximum absolute atomic E-state index is 6.26. The summed E-state index contributed by atoms with van der Waals surface area (Å²) in [6.07, 6.45) is 1.13. The molecule has 2 heteroatoms. The van der Waals surface area contributed by atoms with Crippen molar-refractivity contribution in [2.75, 3.05) is 13.6 Å². The number of nitrogens with two attached hydrogens (primary N) is 1. The van der Waals surface area contributed by atoms with Crippen molar-refractivity contribution >= 4 is 0 Å². The molecule has 0 amide bonds. The maximum atomic E-state index is 6.26. The highest BCUT2D eigenvalue weighted by Crippen LogP contribution is 2.20. The second kappa shape index (κ2) is 5.65. The molecular weight excluding hydrogens is 208 g/mol. The van der Waals surface area contributed by atoms with Crippen LogP contribution < -0.4 is 5.73 Å². The molecule has 1 atom stereocenters. The highest BCUT2D eigenvalue weighted by atomic mass is 15.2. The predicted molar refractivity (Wildman–Crippen MR) is 75.1 cm³/mol. The molecular formula is C15H26N2. The number of aryl methyl sites for hydroxylation is 1. The van der Waals surface area contributed by atoms with E-state index >= 15 is 0 Å². The van der Waals surface area contributed by atoms with Crippen molar-refractivity contribution in [2.24, 2.45) is 5.73 Å². The topological polar surface area (TPSA) is 29.3 Å². The van der Waals surface area contributed by atoms with E-state index in [2.05, 4.69) is 63.9 Å². The molecule has 0 radical (unpaired) electrons. The number of rotatable bonds is 5. The summed E-state index contributed by atoms with van der Waals surface area (Å²) >= 11 is 0. The third-order valence-corrected chi connectivity index (χ3v) is 3.87. The number of hydrogen-bond acceptors (Lipinski definition) is 2. The Bertz CT molecular complexity index is 340. The first-order valence-corrected chi connectivity index (χ1v) is 6.40. The zero-order chi connectivity index (χ0) is 13.1. The normalized spacial score (nSPS) is 14.1. The molecule has 17 heavy (non-hydrogen) atoms. The Hall–Kier alpha value is -0.860. The van der Waals surface area contributed by atoms with Gasteiger partial charge in [0.25, 0.3) is 0 Å². The fourth-order valence-electron chi connectivity index (χ4n) is 1.73. The molecule has 0 fully saturated rings. The molecule has 0 spiro atoms. The molecule has 0 saturated carbocycles. The van der Waals surface area contributed by atoms with Gasteiger partial charge in [0.05, 0.1) is 0 Å². The molecule has 0 heterocycles. The summed E-state index contributed by atoms with van der Waals surface area (Å²) in [7, 11) is 2.15. The van der Waals surface area contributed by atoms with Crippen molar-refractivity contribution < 1.29 is 0 Å². The molecule has 2 nitrogen and oxygen atoms in total. The van der Waals surface area contributed by atoms with E-state index in [9.17, 15) is 0 Å². The molecule has 2 N–H and O–H groups in total. The lowest BCUT2D eigenvalue weighted by molar-refractivity contribution is 0.142. The maximum Gasteiger partial charge on any atom is 0.0424 e. The van der Waals surface area contributed by atoms with Gasteiger partial charge in [0.15, 0.2) is 0 Å². The van der Waals surface area contributed by atoms with E-state index in [1.165, 1.54) is 11.1 Å². The van der Waals surface area contributed by atoms with Gasteiger partial charge >= 0.3 is 0 Å². The van der Waals surface area contributed by atoms with E-state index in [-0.39, 0.29) is 11.6 Å². The zero-order valence-corrected chi connectivity index (χ0v) is 11.8. The van der Waals surface area contributed by atoms with Crippen LogP contribution >= 0.6 is 0 Å². The zero-order valence-electron chi connectivity index (χ0n) is 11.8. The first kappa shape index (κ1) is 14.2. The molecule has 0 bridgehead atoms. The summed E-state index contributed by atoms with van der Waals surface area (Å²) < 4.78 is 0. The van der Waals surface area contributed by atoms with Gasteiger partial charge in [-0.15, -0.1) is 0 Å². The number of benzene rings is 1. The van der Waals surface area contributed by atoms with Crippen LogP contribution in [0.4, 0.5) is 0 Å².